The smallest absolute Gasteiger partial charge is 0.406 e. The van der Waals surface area contributed by atoms with E-state index in [-0.39, 0.29) is 24.4 Å². The van der Waals surface area contributed by atoms with Gasteiger partial charge >= 0.3 is 11.8 Å². The highest BCUT2D eigenvalue weighted by atomic mass is 16.5. The molecule has 4 atom stereocenters. The Hall–Kier alpha value is -2.70. The van der Waals surface area contributed by atoms with Crippen LogP contribution in [0.2, 0.25) is 0 Å². The number of nitrogens with one attached hydrogen (secondary N) is 3. The normalized spacial score (nSPS) is 22.2. The maximum absolute atomic E-state index is 12.2. The van der Waals surface area contributed by atoms with Crippen molar-refractivity contribution >= 4 is 12.0 Å². The van der Waals surface area contributed by atoms with Crippen molar-refractivity contribution < 1.29 is 29.3 Å². The van der Waals surface area contributed by atoms with Crippen LogP contribution in [0.1, 0.15) is 57.1 Å². The lowest BCUT2D eigenvalue weighted by Gasteiger charge is -2.15. The van der Waals surface area contributed by atoms with Crippen LogP contribution in [0, 0.1) is 0 Å². The number of hydrogen-bond acceptors (Lipinski definition) is 8. The van der Waals surface area contributed by atoms with E-state index in [0.29, 0.717) is 19.5 Å². The summed E-state index contributed by atoms with van der Waals surface area (Å²) in [5.74, 6) is -0.236. The molecule has 33 heavy (non-hydrogen) atoms. The van der Waals surface area contributed by atoms with Crippen LogP contribution in [0.5, 0.6) is 0 Å². The van der Waals surface area contributed by atoms with E-state index in [1.165, 1.54) is 17.9 Å². The number of aryl methyl sites for hydroxylation is 1. The molecule has 0 saturated carbocycles. The zero-order chi connectivity index (χ0) is 24.4. The van der Waals surface area contributed by atoms with E-state index in [1.807, 2.05) is 0 Å². The van der Waals surface area contributed by atoms with Crippen LogP contribution in [-0.4, -0.2) is 70.3 Å². The van der Waals surface area contributed by atoms with Gasteiger partial charge in [0.15, 0.2) is 0 Å². The zero-order valence-electron chi connectivity index (χ0n) is 19.0. The van der Waals surface area contributed by atoms with Gasteiger partial charge in [0.25, 0.3) is 5.56 Å². The molecule has 5 N–H and O–H groups in total. The topological polar surface area (TPSA) is 172 Å². The van der Waals surface area contributed by atoms with Gasteiger partial charge in [-0.3, -0.25) is 19.1 Å². The van der Waals surface area contributed by atoms with E-state index in [1.54, 1.807) is 6.92 Å². The fourth-order valence-corrected chi connectivity index (χ4v) is 3.64. The fourth-order valence-electron chi connectivity index (χ4n) is 3.64. The van der Waals surface area contributed by atoms with Gasteiger partial charge in [0, 0.05) is 32.3 Å². The number of methoxy groups -OCH3 is 1. The molecule has 2 heterocycles. The molecule has 1 aliphatic rings. The summed E-state index contributed by atoms with van der Waals surface area (Å²) in [7, 11) is 1.31. The lowest BCUT2D eigenvalue weighted by molar-refractivity contribution is -0.121. The maximum atomic E-state index is 12.2. The van der Waals surface area contributed by atoms with Gasteiger partial charge in [-0.15, -0.1) is 0 Å². The van der Waals surface area contributed by atoms with Crippen molar-refractivity contribution in [3.8, 4) is 0 Å². The molecule has 1 saturated heterocycles. The molecule has 12 heteroatoms. The molecule has 2 rings (SSSR count). The van der Waals surface area contributed by atoms with Crippen molar-refractivity contribution in [2.45, 2.75) is 76.4 Å². The summed E-state index contributed by atoms with van der Waals surface area (Å²) in [6.45, 7) is 2.86. The Labute approximate surface area is 191 Å². The number of ether oxygens (including phenoxy) is 2. The van der Waals surface area contributed by atoms with E-state index in [4.69, 9.17) is 4.74 Å². The molecule has 2 amide bonds. The molecule has 1 fully saturated rings. The summed E-state index contributed by atoms with van der Waals surface area (Å²) < 4.78 is 11.3. The number of nitrogens with zero attached hydrogens (tertiary/aromatic N) is 1. The van der Waals surface area contributed by atoms with E-state index >= 15 is 0 Å². The minimum atomic E-state index is -1.29. The standard InChI is InChI=1S/C21H34N4O8/c1-3-14-16(27)17(28)18(33-14)13-12-25(20(30)24-19(13)29)11-8-15(26)22-9-6-4-5-7-10-23-21(31)32-2/h12,14,16-18,27-28H,3-11H2,1-2H3,(H,22,26)(H,23,31)(H,24,29,30)/t14-,16+,17?,18+/m1/s1. The van der Waals surface area contributed by atoms with Crippen LogP contribution in [0.25, 0.3) is 0 Å². The van der Waals surface area contributed by atoms with E-state index < -0.39 is 41.8 Å². The van der Waals surface area contributed by atoms with Crippen LogP contribution in [-0.2, 0) is 20.8 Å². The lowest BCUT2D eigenvalue weighted by atomic mass is 10.0. The number of amides is 2. The first-order chi connectivity index (χ1) is 15.8. The fraction of sp³-hybridized carbons (Fsp3) is 0.714. The molecule has 1 unspecified atom stereocenters. The van der Waals surface area contributed by atoms with Crippen molar-refractivity contribution in [3.63, 3.8) is 0 Å². The Morgan fingerprint density at radius 2 is 1.79 bits per heavy atom. The van der Waals surface area contributed by atoms with Gasteiger partial charge in [0.2, 0.25) is 5.91 Å². The third kappa shape index (κ3) is 7.69. The molecule has 0 spiro atoms. The number of aliphatic hydroxyl groups excluding tert-OH is 2. The quantitative estimate of drug-likeness (QED) is 0.255. The number of rotatable bonds is 12. The zero-order valence-corrected chi connectivity index (χ0v) is 19.0. The average molecular weight is 471 g/mol. The van der Waals surface area contributed by atoms with Gasteiger partial charge in [-0.25, -0.2) is 9.59 Å². The van der Waals surface area contributed by atoms with Crippen molar-refractivity contribution in [2.24, 2.45) is 0 Å². The molecule has 1 aromatic heterocycles. The van der Waals surface area contributed by atoms with Crippen molar-refractivity contribution in [1.82, 2.24) is 20.2 Å². The van der Waals surface area contributed by atoms with Gasteiger partial charge in [-0.2, -0.15) is 0 Å². The summed E-state index contributed by atoms with van der Waals surface area (Å²) in [6, 6.07) is 0. The van der Waals surface area contributed by atoms with E-state index in [2.05, 4.69) is 20.4 Å². The van der Waals surface area contributed by atoms with Gasteiger partial charge < -0.3 is 30.3 Å². The number of alkyl carbamates (subject to hydrolysis) is 1. The second-order valence-electron chi connectivity index (χ2n) is 7.95. The van der Waals surface area contributed by atoms with Crippen molar-refractivity contribution in [1.29, 1.82) is 0 Å². The van der Waals surface area contributed by atoms with Crippen LogP contribution in [0.3, 0.4) is 0 Å². The number of unbranched alkanes of at least 4 members (excludes halogenated alkanes) is 3. The Morgan fingerprint density at radius 3 is 2.39 bits per heavy atom. The molecule has 1 aliphatic heterocycles. The van der Waals surface area contributed by atoms with Crippen LogP contribution in [0.15, 0.2) is 15.8 Å². The number of H-pyrrole nitrogens is 1. The first-order valence-electron chi connectivity index (χ1n) is 11.2. The highest BCUT2D eigenvalue weighted by molar-refractivity contribution is 5.75. The van der Waals surface area contributed by atoms with Gasteiger partial charge in [-0.1, -0.05) is 19.8 Å². The summed E-state index contributed by atoms with van der Waals surface area (Å²) >= 11 is 0. The number of hydrogen-bond donors (Lipinski definition) is 5. The number of aliphatic hydroxyl groups is 2. The largest absolute Gasteiger partial charge is 0.453 e. The molecule has 12 nitrogen and oxygen atoms in total. The van der Waals surface area contributed by atoms with Crippen molar-refractivity contribution in [2.75, 3.05) is 20.2 Å². The lowest BCUT2D eigenvalue weighted by Crippen LogP contribution is -2.36. The predicted octanol–water partition coefficient (Wildman–Crippen LogP) is -0.469. The Balaban J connectivity index is 1.78. The van der Waals surface area contributed by atoms with E-state index in [0.717, 1.165) is 25.7 Å². The second-order valence-corrected chi connectivity index (χ2v) is 7.95. The number of aromatic amines is 1. The highest BCUT2D eigenvalue weighted by Gasteiger charge is 2.43. The van der Waals surface area contributed by atoms with Gasteiger partial charge in [0.05, 0.1) is 18.8 Å². The Kier molecular flexibility index (Phi) is 10.6. The number of carbonyl (C=O) groups is 2. The SMILES string of the molecule is CC[C@H]1O[C@@H](c2cn(CCC(=O)NCCCCCCNC(=O)OC)c(=O)[nH]c2=O)C(O)[C@H]1O. The van der Waals surface area contributed by atoms with Crippen LogP contribution in [0.4, 0.5) is 4.79 Å². The minimum absolute atomic E-state index is 0.0270. The summed E-state index contributed by atoms with van der Waals surface area (Å²) in [5, 5.41) is 25.7. The molecular weight excluding hydrogens is 436 g/mol. The molecule has 0 bridgehead atoms. The predicted molar refractivity (Wildman–Crippen MR) is 118 cm³/mol. The summed E-state index contributed by atoms with van der Waals surface area (Å²) in [4.78, 5) is 49.5. The highest BCUT2D eigenvalue weighted by Crippen LogP contribution is 2.32. The third-order valence-corrected chi connectivity index (χ3v) is 5.57. The molecule has 186 valence electrons. The first kappa shape index (κ1) is 26.6. The van der Waals surface area contributed by atoms with E-state index in [9.17, 15) is 29.4 Å². The Morgan fingerprint density at radius 1 is 1.12 bits per heavy atom. The number of carbonyl (C=O) groups excluding carboxylic acids is 2. The average Bonchev–Trinajstić information content (AvgIpc) is 3.08. The van der Waals surface area contributed by atoms with Gasteiger partial charge in [0.1, 0.15) is 18.3 Å². The summed E-state index contributed by atoms with van der Waals surface area (Å²) in [5.41, 5.74) is -1.34. The van der Waals surface area contributed by atoms with Crippen LogP contribution < -0.4 is 21.9 Å². The monoisotopic (exact) mass is 470 g/mol. The molecule has 0 aliphatic carbocycles. The second kappa shape index (κ2) is 13.1. The number of aromatic nitrogens is 2. The molecule has 0 radical (unpaired) electrons. The van der Waals surface area contributed by atoms with Crippen LogP contribution >= 0.6 is 0 Å². The summed E-state index contributed by atoms with van der Waals surface area (Å²) in [6.07, 6.45) is 0.604. The molecule has 0 aromatic carbocycles. The Bertz CT molecular complexity index is 899. The third-order valence-electron chi connectivity index (χ3n) is 5.57. The maximum Gasteiger partial charge on any atom is 0.406 e. The first-order valence-corrected chi connectivity index (χ1v) is 11.2. The molecular formula is C21H34N4O8. The molecule has 1 aromatic rings. The van der Waals surface area contributed by atoms with Gasteiger partial charge in [-0.05, 0) is 19.3 Å². The minimum Gasteiger partial charge on any atom is -0.453 e. The van der Waals surface area contributed by atoms with Crippen molar-refractivity contribution in [3.05, 3.63) is 32.6 Å².